The summed E-state index contributed by atoms with van der Waals surface area (Å²) in [5, 5.41) is 4.57. The summed E-state index contributed by atoms with van der Waals surface area (Å²) in [6.07, 6.45) is 0. The Balaban J connectivity index is 2.49. The number of benzene rings is 2. The van der Waals surface area contributed by atoms with E-state index >= 15 is 0 Å². The summed E-state index contributed by atoms with van der Waals surface area (Å²) in [5.74, 6) is 0.649. The van der Waals surface area contributed by atoms with E-state index in [2.05, 4.69) is 21.2 Å². The lowest BCUT2D eigenvalue weighted by Crippen LogP contribution is -2.18. The molecule has 20 heavy (non-hydrogen) atoms. The summed E-state index contributed by atoms with van der Waals surface area (Å²) >= 11 is 15.8. The number of ether oxygens (including phenoxy) is 1. The van der Waals surface area contributed by atoms with E-state index < -0.39 is 0 Å². The lowest BCUT2D eigenvalue weighted by atomic mass is 9.98. The normalized spacial score (nSPS) is 12.2. The Hall–Kier alpha value is -0.740. The molecule has 1 N–H and O–H groups in total. The van der Waals surface area contributed by atoms with E-state index in [0.717, 1.165) is 15.6 Å². The molecule has 0 aromatic heterocycles. The van der Waals surface area contributed by atoms with Crippen LogP contribution in [0.4, 0.5) is 0 Å². The standard InChI is InChI=1S/C15H14BrCl2NO/c1-19-15(11-8-10(16)4-6-12(11)17)9-3-5-13(18)14(7-9)20-2/h3-8,15,19H,1-2H3. The molecule has 1 atom stereocenters. The van der Waals surface area contributed by atoms with Gasteiger partial charge in [0.25, 0.3) is 0 Å². The molecule has 0 heterocycles. The first-order valence-corrected chi connectivity index (χ1v) is 7.57. The van der Waals surface area contributed by atoms with Crippen molar-refractivity contribution in [2.45, 2.75) is 6.04 Å². The third-order valence-corrected chi connectivity index (χ3v) is 4.22. The molecule has 5 heteroatoms. The van der Waals surface area contributed by atoms with Crippen LogP contribution in [0.25, 0.3) is 0 Å². The maximum absolute atomic E-state index is 6.31. The largest absolute Gasteiger partial charge is 0.495 e. The van der Waals surface area contributed by atoms with Gasteiger partial charge in [0.05, 0.1) is 18.2 Å². The average molecular weight is 375 g/mol. The van der Waals surface area contributed by atoms with E-state index in [1.165, 1.54) is 0 Å². The number of nitrogens with one attached hydrogen (secondary N) is 1. The maximum Gasteiger partial charge on any atom is 0.137 e. The highest BCUT2D eigenvalue weighted by atomic mass is 79.9. The van der Waals surface area contributed by atoms with Crippen molar-refractivity contribution in [1.82, 2.24) is 5.32 Å². The van der Waals surface area contributed by atoms with Crippen molar-refractivity contribution in [3.8, 4) is 5.75 Å². The van der Waals surface area contributed by atoms with Gasteiger partial charge in [0.2, 0.25) is 0 Å². The quantitative estimate of drug-likeness (QED) is 0.806. The van der Waals surface area contributed by atoms with Crippen LogP contribution in [0.2, 0.25) is 10.0 Å². The van der Waals surface area contributed by atoms with Crippen LogP contribution in [0.3, 0.4) is 0 Å². The van der Waals surface area contributed by atoms with Crippen molar-refractivity contribution < 1.29 is 4.74 Å². The number of halogens is 3. The van der Waals surface area contributed by atoms with Gasteiger partial charge in [0, 0.05) is 9.50 Å². The van der Waals surface area contributed by atoms with Gasteiger partial charge >= 0.3 is 0 Å². The second-order valence-corrected chi connectivity index (χ2v) is 6.01. The van der Waals surface area contributed by atoms with Crippen molar-refractivity contribution in [3.05, 3.63) is 62.0 Å². The monoisotopic (exact) mass is 373 g/mol. The summed E-state index contributed by atoms with van der Waals surface area (Å²) in [6.45, 7) is 0. The Kier molecular flexibility index (Phi) is 5.33. The summed E-state index contributed by atoms with van der Waals surface area (Å²) in [5.41, 5.74) is 2.03. The smallest absolute Gasteiger partial charge is 0.137 e. The first-order chi connectivity index (χ1) is 9.56. The molecule has 0 aliphatic carbocycles. The van der Waals surface area contributed by atoms with Crippen LogP contribution in [0.1, 0.15) is 17.2 Å². The van der Waals surface area contributed by atoms with Crippen molar-refractivity contribution in [1.29, 1.82) is 0 Å². The summed E-state index contributed by atoms with van der Waals surface area (Å²) < 4.78 is 6.25. The van der Waals surface area contributed by atoms with Crippen LogP contribution in [-0.2, 0) is 0 Å². The highest BCUT2D eigenvalue weighted by Crippen LogP contribution is 2.34. The zero-order chi connectivity index (χ0) is 14.7. The van der Waals surface area contributed by atoms with Gasteiger partial charge in [0.1, 0.15) is 5.75 Å². The van der Waals surface area contributed by atoms with Crippen molar-refractivity contribution >= 4 is 39.1 Å². The molecule has 0 fully saturated rings. The molecule has 0 aliphatic heterocycles. The molecule has 0 saturated heterocycles. The SMILES string of the molecule is CNC(c1ccc(Cl)c(OC)c1)c1cc(Br)ccc1Cl. The topological polar surface area (TPSA) is 21.3 Å². The lowest BCUT2D eigenvalue weighted by Gasteiger charge is -2.20. The van der Waals surface area contributed by atoms with Gasteiger partial charge in [-0.3, -0.25) is 0 Å². The summed E-state index contributed by atoms with van der Waals surface area (Å²) in [7, 11) is 3.49. The predicted molar refractivity (Wildman–Crippen MR) is 88.1 cm³/mol. The third-order valence-electron chi connectivity index (χ3n) is 3.07. The zero-order valence-corrected chi connectivity index (χ0v) is 14.2. The average Bonchev–Trinajstić information content (AvgIpc) is 2.45. The number of hydrogen-bond donors (Lipinski definition) is 1. The third kappa shape index (κ3) is 3.29. The Bertz CT molecular complexity index is 619. The molecule has 1 unspecified atom stereocenters. The minimum absolute atomic E-state index is 0.0360. The number of rotatable bonds is 4. The molecular formula is C15H14BrCl2NO. The molecule has 2 aromatic carbocycles. The Labute approximate surface area is 137 Å². The fraction of sp³-hybridized carbons (Fsp3) is 0.200. The van der Waals surface area contributed by atoms with Crippen molar-refractivity contribution in [2.24, 2.45) is 0 Å². The van der Waals surface area contributed by atoms with Crippen LogP contribution < -0.4 is 10.1 Å². The maximum atomic E-state index is 6.31. The molecule has 2 aromatic rings. The molecule has 0 saturated carbocycles. The van der Waals surface area contributed by atoms with E-state index in [-0.39, 0.29) is 6.04 Å². The van der Waals surface area contributed by atoms with Gasteiger partial charge < -0.3 is 10.1 Å². The second-order valence-electron chi connectivity index (χ2n) is 4.28. The van der Waals surface area contributed by atoms with Gasteiger partial charge in [-0.1, -0.05) is 45.2 Å². The molecular weight excluding hydrogens is 361 g/mol. The van der Waals surface area contributed by atoms with Gasteiger partial charge in [-0.15, -0.1) is 0 Å². The highest BCUT2D eigenvalue weighted by Gasteiger charge is 2.17. The van der Waals surface area contributed by atoms with E-state index in [1.54, 1.807) is 7.11 Å². The zero-order valence-electron chi connectivity index (χ0n) is 11.1. The molecule has 2 rings (SSSR count). The Morgan fingerprint density at radius 3 is 2.45 bits per heavy atom. The molecule has 0 bridgehead atoms. The first kappa shape index (κ1) is 15.6. The molecule has 0 radical (unpaired) electrons. The summed E-state index contributed by atoms with van der Waals surface area (Å²) in [4.78, 5) is 0. The van der Waals surface area contributed by atoms with Crippen LogP contribution >= 0.6 is 39.1 Å². The van der Waals surface area contributed by atoms with Gasteiger partial charge in [-0.25, -0.2) is 0 Å². The number of methoxy groups -OCH3 is 1. The van der Waals surface area contributed by atoms with Gasteiger partial charge in [-0.05, 0) is 48.5 Å². The fourth-order valence-electron chi connectivity index (χ4n) is 2.09. The molecule has 0 spiro atoms. The fourth-order valence-corrected chi connectivity index (χ4v) is 2.89. The lowest BCUT2D eigenvalue weighted by molar-refractivity contribution is 0.414. The van der Waals surface area contributed by atoms with Crippen LogP contribution in [-0.4, -0.2) is 14.2 Å². The van der Waals surface area contributed by atoms with E-state index in [0.29, 0.717) is 15.8 Å². The van der Waals surface area contributed by atoms with Crippen molar-refractivity contribution in [2.75, 3.05) is 14.2 Å². The number of hydrogen-bond acceptors (Lipinski definition) is 2. The first-order valence-electron chi connectivity index (χ1n) is 6.02. The Morgan fingerprint density at radius 1 is 1.10 bits per heavy atom. The summed E-state index contributed by atoms with van der Waals surface area (Å²) in [6, 6.07) is 11.5. The molecule has 106 valence electrons. The van der Waals surface area contributed by atoms with Crippen LogP contribution in [0.15, 0.2) is 40.9 Å². The van der Waals surface area contributed by atoms with Crippen LogP contribution in [0, 0.1) is 0 Å². The molecule has 0 aliphatic rings. The van der Waals surface area contributed by atoms with E-state index in [9.17, 15) is 0 Å². The van der Waals surface area contributed by atoms with Crippen LogP contribution in [0.5, 0.6) is 5.75 Å². The highest BCUT2D eigenvalue weighted by molar-refractivity contribution is 9.10. The molecule has 0 amide bonds. The van der Waals surface area contributed by atoms with Gasteiger partial charge in [0.15, 0.2) is 0 Å². The van der Waals surface area contributed by atoms with Gasteiger partial charge in [-0.2, -0.15) is 0 Å². The minimum Gasteiger partial charge on any atom is -0.495 e. The predicted octanol–water partition coefficient (Wildman–Crippen LogP) is 5.07. The minimum atomic E-state index is -0.0360. The molecule has 2 nitrogen and oxygen atoms in total. The van der Waals surface area contributed by atoms with Crippen molar-refractivity contribution in [3.63, 3.8) is 0 Å². The van der Waals surface area contributed by atoms with E-state index in [4.69, 9.17) is 27.9 Å². The van der Waals surface area contributed by atoms with E-state index in [1.807, 2.05) is 43.4 Å². The second kappa shape index (κ2) is 6.81. The Morgan fingerprint density at radius 2 is 1.80 bits per heavy atom.